The summed E-state index contributed by atoms with van der Waals surface area (Å²) in [5, 5.41) is 13.3. The summed E-state index contributed by atoms with van der Waals surface area (Å²) in [4.78, 5) is 16.7. The first-order chi connectivity index (χ1) is 14.2. The van der Waals surface area contributed by atoms with E-state index in [9.17, 15) is 4.79 Å². The molecule has 0 aliphatic rings. The van der Waals surface area contributed by atoms with Crippen LogP contribution in [0.4, 0.5) is 5.13 Å². The molecule has 8 heteroatoms. The molecule has 1 N–H and O–H groups in total. The lowest BCUT2D eigenvalue weighted by Gasteiger charge is -2.01. The Morgan fingerprint density at radius 3 is 2.62 bits per heavy atom. The molecule has 0 aliphatic heterocycles. The topological polar surface area (TPSA) is 90.1 Å². The summed E-state index contributed by atoms with van der Waals surface area (Å²) in [5.41, 5.74) is 2.61. The number of nitrogens with zero attached hydrogens (tertiary/aromatic N) is 3. The zero-order chi connectivity index (χ0) is 20.1. The third kappa shape index (κ3) is 4.67. The Kier molecular flexibility index (Phi) is 5.62. The average molecular weight is 406 g/mol. The van der Waals surface area contributed by atoms with Gasteiger partial charge in [0.15, 0.2) is 5.13 Å². The Morgan fingerprint density at radius 2 is 1.86 bits per heavy atom. The smallest absolute Gasteiger partial charge is 0.247 e. The summed E-state index contributed by atoms with van der Waals surface area (Å²) < 4.78 is 10.8. The molecule has 0 spiro atoms. The van der Waals surface area contributed by atoms with E-state index in [1.165, 1.54) is 11.3 Å². The zero-order valence-electron chi connectivity index (χ0n) is 15.7. The van der Waals surface area contributed by atoms with Crippen LogP contribution in [0.1, 0.15) is 12.3 Å². The average Bonchev–Trinajstić information content (AvgIpc) is 3.43. The third-order valence-corrected chi connectivity index (χ3v) is 4.95. The van der Waals surface area contributed by atoms with Crippen LogP contribution < -0.4 is 10.1 Å². The van der Waals surface area contributed by atoms with Gasteiger partial charge in [0.1, 0.15) is 5.75 Å². The molecule has 0 saturated carbocycles. The molecule has 1 amide bonds. The van der Waals surface area contributed by atoms with E-state index in [1.54, 1.807) is 7.11 Å². The van der Waals surface area contributed by atoms with Gasteiger partial charge in [0.05, 0.1) is 12.8 Å². The predicted molar refractivity (Wildman–Crippen MR) is 111 cm³/mol. The van der Waals surface area contributed by atoms with Crippen LogP contribution >= 0.6 is 11.3 Å². The number of carbonyl (C=O) groups excluding carboxylic acids is 1. The molecule has 4 rings (SSSR count). The molecule has 0 aliphatic carbocycles. The number of aromatic nitrogens is 3. The van der Waals surface area contributed by atoms with E-state index in [0.717, 1.165) is 22.6 Å². The fourth-order valence-electron chi connectivity index (χ4n) is 2.68. The fourth-order valence-corrected chi connectivity index (χ4v) is 3.42. The van der Waals surface area contributed by atoms with Crippen LogP contribution in [0.3, 0.4) is 0 Å². The maximum absolute atomic E-state index is 12.2. The lowest BCUT2D eigenvalue weighted by Crippen LogP contribution is -2.12. The molecule has 0 unspecified atom stereocenters. The van der Waals surface area contributed by atoms with Gasteiger partial charge in [-0.2, -0.15) is 0 Å². The normalized spacial score (nSPS) is 10.7. The molecule has 0 saturated heterocycles. The van der Waals surface area contributed by atoms with Crippen LogP contribution in [0.15, 0.2) is 64.4 Å². The van der Waals surface area contributed by atoms with Crippen LogP contribution in [-0.4, -0.2) is 28.2 Å². The number of ether oxygens (including phenoxy) is 1. The van der Waals surface area contributed by atoms with Gasteiger partial charge in [0.25, 0.3) is 0 Å². The van der Waals surface area contributed by atoms with Crippen molar-refractivity contribution in [1.29, 1.82) is 0 Å². The van der Waals surface area contributed by atoms with Gasteiger partial charge in [-0.15, -0.1) is 21.5 Å². The number of benzene rings is 2. The monoisotopic (exact) mass is 406 g/mol. The molecule has 146 valence electrons. The van der Waals surface area contributed by atoms with Crippen molar-refractivity contribution in [3.8, 4) is 28.5 Å². The molecule has 2 aromatic carbocycles. The van der Waals surface area contributed by atoms with Crippen molar-refractivity contribution in [3.63, 3.8) is 0 Å². The van der Waals surface area contributed by atoms with Gasteiger partial charge in [-0.05, 0) is 36.4 Å². The third-order valence-electron chi connectivity index (χ3n) is 4.19. The second-order valence-corrected chi connectivity index (χ2v) is 7.04. The predicted octanol–water partition coefficient (Wildman–Crippen LogP) is 4.44. The molecular weight excluding hydrogens is 388 g/mol. The van der Waals surface area contributed by atoms with Gasteiger partial charge in [-0.3, -0.25) is 4.79 Å². The fraction of sp³-hybridized carbons (Fsp3) is 0.143. The maximum Gasteiger partial charge on any atom is 0.247 e. The molecule has 7 nitrogen and oxygen atoms in total. The van der Waals surface area contributed by atoms with E-state index < -0.39 is 0 Å². The lowest BCUT2D eigenvalue weighted by molar-refractivity contribution is -0.116. The van der Waals surface area contributed by atoms with Crippen molar-refractivity contribution in [2.75, 3.05) is 12.4 Å². The first kappa shape index (κ1) is 18.8. The van der Waals surface area contributed by atoms with Crippen LogP contribution in [-0.2, 0) is 11.2 Å². The standard InChI is InChI=1S/C21H18N4O3S/c1-27-16-9-7-14(8-10-16)17-13-29-21(22-17)23-18(26)11-12-19-24-25-20(28-19)15-5-3-2-4-6-15/h2-10,13H,11-12H2,1H3,(H,22,23,26). The molecule has 0 atom stereocenters. The summed E-state index contributed by atoms with van der Waals surface area (Å²) >= 11 is 1.38. The second kappa shape index (κ2) is 8.66. The summed E-state index contributed by atoms with van der Waals surface area (Å²) in [7, 11) is 1.63. The minimum atomic E-state index is -0.153. The molecule has 0 fully saturated rings. The number of amides is 1. The van der Waals surface area contributed by atoms with Gasteiger partial charge >= 0.3 is 0 Å². The summed E-state index contributed by atoms with van der Waals surface area (Å²) in [6.07, 6.45) is 0.594. The Bertz CT molecular complexity index is 1090. The minimum Gasteiger partial charge on any atom is -0.497 e. The first-order valence-corrected chi connectivity index (χ1v) is 9.87. The largest absolute Gasteiger partial charge is 0.497 e. The second-order valence-electron chi connectivity index (χ2n) is 6.18. The minimum absolute atomic E-state index is 0.153. The van der Waals surface area contributed by atoms with Crippen molar-refractivity contribution in [2.45, 2.75) is 12.8 Å². The highest BCUT2D eigenvalue weighted by atomic mass is 32.1. The van der Waals surface area contributed by atoms with Gasteiger partial charge in [0.2, 0.25) is 17.7 Å². The lowest BCUT2D eigenvalue weighted by atomic mass is 10.2. The highest BCUT2D eigenvalue weighted by molar-refractivity contribution is 7.14. The quantitative estimate of drug-likeness (QED) is 0.488. The Labute approximate surface area is 171 Å². The van der Waals surface area contributed by atoms with E-state index in [-0.39, 0.29) is 12.3 Å². The molecule has 29 heavy (non-hydrogen) atoms. The van der Waals surface area contributed by atoms with Crippen LogP contribution in [0.5, 0.6) is 5.75 Å². The Balaban J connectivity index is 1.32. The van der Waals surface area contributed by atoms with Crippen LogP contribution in [0.25, 0.3) is 22.7 Å². The highest BCUT2D eigenvalue weighted by Gasteiger charge is 2.12. The van der Waals surface area contributed by atoms with Crippen molar-refractivity contribution in [2.24, 2.45) is 0 Å². The molecule has 0 radical (unpaired) electrons. The number of methoxy groups -OCH3 is 1. The number of aryl methyl sites for hydroxylation is 1. The van der Waals surface area contributed by atoms with Crippen LogP contribution in [0, 0.1) is 0 Å². The zero-order valence-corrected chi connectivity index (χ0v) is 16.5. The molecule has 4 aromatic rings. The molecule has 2 heterocycles. The number of hydrogen-bond acceptors (Lipinski definition) is 7. The number of nitrogens with one attached hydrogen (secondary N) is 1. The van der Waals surface area contributed by atoms with E-state index in [0.29, 0.717) is 23.3 Å². The first-order valence-electron chi connectivity index (χ1n) is 8.99. The van der Waals surface area contributed by atoms with Crippen molar-refractivity contribution < 1.29 is 13.9 Å². The van der Waals surface area contributed by atoms with Crippen molar-refractivity contribution >= 4 is 22.4 Å². The van der Waals surface area contributed by atoms with Crippen molar-refractivity contribution in [3.05, 3.63) is 65.9 Å². The van der Waals surface area contributed by atoms with Gasteiger partial charge in [-0.1, -0.05) is 18.2 Å². The van der Waals surface area contributed by atoms with Gasteiger partial charge < -0.3 is 14.5 Å². The molecule has 2 aromatic heterocycles. The number of anilines is 1. The summed E-state index contributed by atoms with van der Waals surface area (Å²) in [6, 6.07) is 17.1. The number of hydrogen-bond donors (Lipinski definition) is 1. The number of carbonyl (C=O) groups is 1. The van der Waals surface area contributed by atoms with Gasteiger partial charge in [0, 0.05) is 29.3 Å². The SMILES string of the molecule is COc1ccc(-c2csc(NC(=O)CCc3nnc(-c4ccccc4)o3)n2)cc1. The number of thiazole rings is 1. The van der Waals surface area contributed by atoms with Crippen LogP contribution in [0.2, 0.25) is 0 Å². The van der Waals surface area contributed by atoms with Gasteiger partial charge in [-0.25, -0.2) is 4.98 Å². The maximum atomic E-state index is 12.2. The molecular formula is C21H18N4O3S. The van der Waals surface area contributed by atoms with E-state index >= 15 is 0 Å². The van der Waals surface area contributed by atoms with Crippen molar-refractivity contribution in [1.82, 2.24) is 15.2 Å². The Hall–Kier alpha value is -3.52. The van der Waals surface area contributed by atoms with E-state index in [2.05, 4.69) is 20.5 Å². The summed E-state index contributed by atoms with van der Waals surface area (Å²) in [6.45, 7) is 0. The Morgan fingerprint density at radius 1 is 1.07 bits per heavy atom. The molecule has 0 bridgehead atoms. The highest BCUT2D eigenvalue weighted by Crippen LogP contribution is 2.26. The van der Waals surface area contributed by atoms with E-state index in [1.807, 2.05) is 60.0 Å². The van der Waals surface area contributed by atoms with E-state index in [4.69, 9.17) is 9.15 Å². The summed E-state index contributed by atoms with van der Waals surface area (Å²) in [5.74, 6) is 1.51. The number of rotatable bonds is 7.